The van der Waals surface area contributed by atoms with Crippen molar-refractivity contribution in [2.45, 2.75) is 39.5 Å². The number of aromatic nitrogens is 3. The molecule has 0 unspecified atom stereocenters. The molecule has 5 rings (SSSR count). The molecule has 0 bridgehead atoms. The lowest BCUT2D eigenvalue weighted by molar-refractivity contribution is 0.300. The van der Waals surface area contributed by atoms with Gasteiger partial charge in [0.25, 0.3) is 0 Å². The van der Waals surface area contributed by atoms with E-state index in [4.69, 9.17) is 9.40 Å². The van der Waals surface area contributed by atoms with Gasteiger partial charge in [-0.3, -0.25) is 0 Å². The fourth-order valence-corrected chi connectivity index (χ4v) is 4.40. The lowest BCUT2D eigenvalue weighted by Crippen LogP contribution is -2.25. The van der Waals surface area contributed by atoms with Crippen LogP contribution in [0.15, 0.2) is 40.9 Å². The highest BCUT2D eigenvalue weighted by atomic mass is 16.3. The van der Waals surface area contributed by atoms with Gasteiger partial charge in [-0.2, -0.15) is 5.10 Å². The van der Waals surface area contributed by atoms with Gasteiger partial charge in [0.1, 0.15) is 11.3 Å². The molecule has 0 atom stereocenters. The molecule has 5 nitrogen and oxygen atoms in total. The van der Waals surface area contributed by atoms with Crippen molar-refractivity contribution in [3.05, 3.63) is 53.5 Å². The van der Waals surface area contributed by atoms with Crippen LogP contribution >= 0.6 is 0 Å². The molecule has 0 fully saturated rings. The number of benzene rings is 1. The van der Waals surface area contributed by atoms with Gasteiger partial charge >= 0.3 is 0 Å². The van der Waals surface area contributed by atoms with Crippen LogP contribution < -0.4 is 0 Å². The second-order valence-electron chi connectivity index (χ2n) is 7.58. The normalized spacial score (nSPS) is 13.8. The lowest BCUT2D eigenvalue weighted by atomic mass is 10.0. The van der Waals surface area contributed by atoms with Crippen molar-refractivity contribution >= 4 is 16.6 Å². The summed E-state index contributed by atoms with van der Waals surface area (Å²) >= 11 is 0. The molecule has 0 N–H and O–H groups in total. The van der Waals surface area contributed by atoms with Crippen LogP contribution in [-0.2, 0) is 19.3 Å². The number of hydrogen-bond acceptors (Lipinski definition) is 4. The topological polar surface area (TPSA) is 46.6 Å². The third-order valence-corrected chi connectivity index (χ3v) is 5.97. The second-order valence-corrected chi connectivity index (χ2v) is 7.58. The van der Waals surface area contributed by atoms with Crippen molar-refractivity contribution in [2.75, 3.05) is 19.6 Å². The molecule has 0 saturated heterocycles. The molecule has 3 heterocycles. The zero-order valence-electron chi connectivity index (χ0n) is 16.6. The maximum atomic E-state index is 6.10. The first-order valence-corrected chi connectivity index (χ1v) is 10.4. The van der Waals surface area contributed by atoms with Crippen molar-refractivity contribution in [1.29, 1.82) is 0 Å². The fourth-order valence-electron chi connectivity index (χ4n) is 4.40. The minimum atomic E-state index is 0.933. The summed E-state index contributed by atoms with van der Waals surface area (Å²) in [5.74, 6) is 1.06. The van der Waals surface area contributed by atoms with E-state index in [-0.39, 0.29) is 0 Å². The number of furan rings is 1. The van der Waals surface area contributed by atoms with Crippen LogP contribution in [0.5, 0.6) is 0 Å². The van der Waals surface area contributed by atoms with Gasteiger partial charge in [0.05, 0.1) is 11.9 Å². The average Bonchev–Trinajstić information content (AvgIpc) is 3.44. The maximum absolute atomic E-state index is 6.10. The van der Waals surface area contributed by atoms with E-state index in [0.29, 0.717) is 0 Å². The highest BCUT2D eigenvalue weighted by Crippen LogP contribution is 2.34. The standard InChI is InChI=1S/C23H26N4O/c1-3-26(4-2)13-11-18-15-17-14-16(8-9-21(17)28-18)23-19-6-5-7-20(19)25-22-10-12-24-27(22)23/h8-10,12,14-15H,3-7,11,13H2,1-2H3. The largest absolute Gasteiger partial charge is 0.461 e. The Bertz CT molecular complexity index is 1140. The highest BCUT2D eigenvalue weighted by Gasteiger charge is 2.21. The van der Waals surface area contributed by atoms with E-state index in [1.807, 2.05) is 16.8 Å². The Balaban J connectivity index is 1.54. The molecular weight excluding hydrogens is 348 g/mol. The Hall–Kier alpha value is -2.66. The van der Waals surface area contributed by atoms with Gasteiger partial charge in [-0.25, -0.2) is 9.50 Å². The van der Waals surface area contributed by atoms with E-state index in [1.165, 1.54) is 28.9 Å². The molecule has 4 aromatic rings. The minimum absolute atomic E-state index is 0.933. The maximum Gasteiger partial charge on any atom is 0.155 e. The summed E-state index contributed by atoms with van der Waals surface area (Å²) in [6, 6.07) is 10.7. The second kappa shape index (κ2) is 7.06. The van der Waals surface area contributed by atoms with E-state index in [0.717, 1.165) is 61.3 Å². The van der Waals surface area contributed by atoms with Gasteiger partial charge in [0.15, 0.2) is 5.65 Å². The quantitative estimate of drug-likeness (QED) is 0.498. The molecule has 1 aliphatic rings. The Labute approximate surface area is 165 Å². The van der Waals surface area contributed by atoms with Crippen molar-refractivity contribution < 1.29 is 4.42 Å². The third-order valence-electron chi connectivity index (χ3n) is 5.97. The molecule has 0 amide bonds. The van der Waals surface area contributed by atoms with Gasteiger partial charge in [0, 0.05) is 41.2 Å². The van der Waals surface area contributed by atoms with E-state index >= 15 is 0 Å². The SMILES string of the molecule is CCN(CC)CCc1cc2cc(-c3c4c(nc5ccnn35)CCC4)ccc2o1. The van der Waals surface area contributed by atoms with Crippen LogP contribution in [0.1, 0.15) is 37.3 Å². The Morgan fingerprint density at radius 3 is 2.86 bits per heavy atom. The molecule has 0 radical (unpaired) electrons. The predicted molar refractivity (Wildman–Crippen MR) is 112 cm³/mol. The predicted octanol–water partition coefficient (Wildman–Crippen LogP) is 4.52. The van der Waals surface area contributed by atoms with E-state index in [2.05, 4.69) is 48.1 Å². The van der Waals surface area contributed by atoms with Crippen LogP contribution in [0, 0.1) is 0 Å². The fraction of sp³-hybridized carbons (Fsp3) is 0.391. The van der Waals surface area contributed by atoms with Crippen molar-refractivity contribution in [1.82, 2.24) is 19.5 Å². The summed E-state index contributed by atoms with van der Waals surface area (Å²) in [6.45, 7) is 7.60. The Morgan fingerprint density at radius 2 is 2.00 bits per heavy atom. The zero-order chi connectivity index (χ0) is 19.1. The molecule has 3 aromatic heterocycles. The van der Waals surface area contributed by atoms with E-state index in [1.54, 1.807) is 0 Å². The number of nitrogens with zero attached hydrogens (tertiary/aromatic N) is 4. The van der Waals surface area contributed by atoms with Gasteiger partial charge in [-0.05, 0) is 56.6 Å². The number of fused-ring (bicyclic) bond motifs is 3. The van der Waals surface area contributed by atoms with Crippen LogP contribution in [0.3, 0.4) is 0 Å². The first kappa shape index (κ1) is 17.4. The summed E-state index contributed by atoms with van der Waals surface area (Å²) in [5, 5.41) is 5.71. The Morgan fingerprint density at radius 1 is 1.11 bits per heavy atom. The summed E-state index contributed by atoms with van der Waals surface area (Å²) in [5.41, 5.74) is 6.85. The minimum Gasteiger partial charge on any atom is -0.461 e. The first-order chi connectivity index (χ1) is 13.8. The van der Waals surface area contributed by atoms with E-state index < -0.39 is 0 Å². The van der Waals surface area contributed by atoms with Crippen molar-refractivity contribution in [3.63, 3.8) is 0 Å². The molecule has 0 spiro atoms. The number of hydrogen-bond donors (Lipinski definition) is 0. The van der Waals surface area contributed by atoms with Gasteiger partial charge in [0.2, 0.25) is 0 Å². The number of aryl methyl sites for hydroxylation is 1. The van der Waals surface area contributed by atoms with Crippen LogP contribution in [0.2, 0.25) is 0 Å². The molecule has 0 aliphatic heterocycles. The van der Waals surface area contributed by atoms with Gasteiger partial charge < -0.3 is 9.32 Å². The zero-order valence-corrected chi connectivity index (χ0v) is 16.6. The summed E-state index contributed by atoms with van der Waals surface area (Å²) in [7, 11) is 0. The number of likely N-dealkylation sites (N-methyl/N-ethyl adjacent to an activating group) is 1. The van der Waals surface area contributed by atoms with E-state index in [9.17, 15) is 0 Å². The summed E-state index contributed by atoms with van der Waals surface area (Å²) < 4.78 is 8.09. The molecule has 5 heteroatoms. The Kier molecular flexibility index (Phi) is 4.40. The smallest absolute Gasteiger partial charge is 0.155 e. The van der Waals surface area contributed by atoms with Crippen molar-refractivity contribution in [3.8, 4) is 11.3 Å². The van der Waals surface area contributed by atoms with Gasteiger partial charge in [-0.1, -0.05) is 13.8 Å². The molecule has 1 aliphatic carbocycles. The van der Waals surface area contributed by atoms with Crippen LogP contribution in [-0.4, -0.2) is 39.1 Å². The van der Waals surface area contributed by atoms with Gasteiger partial charge in [-0.15, -0.1) is 0 Å². The molecular formula is C23H26N4O. The average molecular weight is 374 g/mol. The highest BCUT2D eigenvalue weighted by molar-refractivity contribution is 5.84. The molecule has 1 aromatic carbocycles. The molecule has 28 heavy (non-hydrogen) atoms. The van der Waals surface area contributed by atoms with Crippen molar-refractivity contribution in [2.24, 2.45) is 0 Å². The first-order valence-electron chi connectivity index (χ1n) is 10.4. The summed E-state index contributed by atoms with van der Waals surface area (Å²) in [6.07, 6.45) is 6.09. The molecule has 0 saturated carbocycles. The lowest BCUT2D eigenvalue weighted by Gasteiger charge is -2.16. The van der Waals surface area contributed by atoms with Crippen LogP contribution in [0.25, 0.3) is 27.9 Å². The monoisotopic (exact) mass is 374 g/mol. The molecule has 144 valence electrons. The summed E-state index contributed by atoms with van der Waals surface area (Å²) in [4.78, 5) is 7.23. The third kappa shape index (κ3) is 2.90. The van der Waals surface area contributed by atoms with Crippen LogP contribution in [0.4, 0.5) is 0 Å². The number of rotatable bonds is 6.